The second kappa shape index (κ2) is 4.62. The Morgan fingerprint density at radius 3 is 3.00 bits per heavy atom. The number of carbonyl (C=O) groups excluding carboxylic acids is 1. The zero-order chi connectivity index (χ0) is 13.6. The van der Waals surface area contributed by atoms with Gasteiger partial charge in [0.15, 0.2) is 0 Å². The summed E-state index contributed by atoms with van der Waals surface area (Å²) in [5.74, 6) is 0.583. The molecule has 5 unspecified atom stereocenters. The molecule has 3 fully saturated rings. The van der Waals surface area contributed by atoms with Crippen molar-refractivity contribution in [3.63, 3.8) is 0 Å². The smallest absolute Gasteiger partial charge is 0.312 e. The number of methoxy groups -OCH3 is 1. The van der Waals surface area contributed by atoms with Gasteiger partial charge in [-0.2, -0.15) is 0 Å². The predicted octanol–water partition coefficient (Wildman–Crippen LogP) is 2.95. The summed E-state index contributed by atoms with van der Waals surface area (Å²) in [6.45, 7) is 7.13. The van der Waals surface area contributed by atoms with Gasteiger partial charge in [0, 0.05) is 18.9 Å². The molecule has 3 rings (SSSR count). The van der Waals surface area contributed by atoms with E-state index in [0.717, 1.165) is 12.8 Å². The molecule has 2 saturated carbocycles. The normalized spacial score (nSPS) is 45.6. The molecule has 0 aromatic heterocycles. The fourth-order valence-electron chi connectivity index (χ4n) is 4.69. The lowest BCUT2D eigenvalue weighted by molar-refractivity contribution is -0.149. The molecule has 3 aliphatic rings. The maximum atomic E-state index is 12.1. The minimum absolute atomic E-state index is 0.0548. The highest BCUT2D eigenvalue weighted by Crippen LogP contribution is 2.57. The van der Waals surface area contributed by atoms with Gasteiger partial charge in [-0.25, -0.2) is 0 Å². The van der Waals surface area contributed by atoms with E-state index in [4.69, 9.17) is 9.47 Å². The molecule has 3 nitrogen and oxygen atoms in total. The summed E-state index contributed by atoms with van der Waals surface area (Å²) in [7, 11) is 1.66. The minimum atomic E-state index is -0.0609. The highest BCUT2D eigenvalue weighted by molar-refractivity contribution is 5.75. The molecule has 0 bridgehead atoms. The van der Waals surface area contributed by atoms with E-state index in [1.165, 1.54) is 24.8 Å². The van der Waals surface area contributed by atoms with Crippen molar-refractivity contribution in [2.75, 3.05) is 13.7 Å². The van der Waals surface area contributed by atoms with Crippen molar-refractivity contribution in [1.82, 2.24) is 0 Å². The van der Waals surface area contributed by atoms with E-state index < -0.39 is 0 Å². The fourth-order valence-corrected chi connectivity index (χ4v) is 4.69. The molecule has 2 aliphatic carbocycles. The Morgan fingerprint density at radius 1 is 1.47 bits per heavy atom. The summed E-state index contributed by atoms with van der Waals surface area (Å²) < 4.78 is 11.0. The van der Waals surface area contributed by atoms with Crippen LogP contribution < -0.4 is 0 Å². The van der Waals surface area contributed by atoms with Crippen molar-refractivity contribution >= 4 is 5.97 Å². The molecule has 0 aromatic rings. The van der Waals surface area contributed by atoms with E-state index >= 15 is 0 Å². The van der Waals surface area contributed by atoms with E-state index in [2.05, 4.69) is 13.5 Å². The number of fused-ring (bicyclic) bond motifs is 3. The monoisotopic (exact) mass is 264 g/mol. The summed E-state index contributed by atoms with van der Waals surface area (Å²) in [6, 6.07) is 0. The quantitative estimate of drug-likeness (QED) is 0.568. The molecule has 1 saturated heterocycles. The van der Waals surface area contributed by atoms with Gasteiger partial charge in [-0.3, -0.25) is 4.79 Å². The van der Waals surface area contributed by atoms with Crippen molar-refractivity contribution in [2.24, 2.45) is 23.2 Å². The number of hydrogen-bond donors (Lipinski definition) is 0. The van der Waals surface area contributed by atoms with Crippen molar-refractivity contribution in [3.05, 3.63) is 12.2 Å². The summed E-state index contributed by atoms with van der Waals surface area (Å²) in [6.07, 6.45) is 5.90. The van der Waals surface area contributed by atoms with Gasteiger partial charge in [-0.05, 0) is 37.5 Å². The van der Waals surface area contributed by atoms with Crippen molar-refractivity contribution in [3.8, 4) is 0 Å². The lowest BCUT2D eigenvalue weighted by atomic mass is 9.55. The lowest BCUT2D eigenvalue weighted by Gasteiger charge is -2.50. The Hall–Kier alpha value is -0.830. The topological polar surface area (TPSA) is 35.5 Å². The lowest BCUT2D eigenvalue weighted by Crippen LogP contribution is -2.47. The van der Waals surface area contributed by atoms with Crippen LogP contribution in [0.5, 0.6) is 0 Å². The number of ether oxygens (including phenoxy) is 2. The number of carbonyl (C=O) groups is 1. The molecule has 1 heterocycles. The summed E-state index contributed by atoms with van der Waals surface area (Å²) in [5, 5.41) is 0. The second-order valence-electron chi connectivity index (χ2n) is 6.81. The van der Waals surface area contributed by atoms with Gasteiger partial charge in [-0.1, -0.05) is 19.1 Å². The molecular formula is C16H24O3. The average molecular weight is 264 g/mol. The number of rotatable bonds is 2. The molecule has 0 N–H and O–H groups in total. The van der Waals surface area contributed by atoms with Crippen molar-refractivity contribution in [1.29, 1.82) is 0 Å². The number of hydrogen-bond acceptors (Lipinski definition) is 3. The van der Waals surface area contributed by atoms with Crippen molar-refractivity contribution < 1.29 is 14.3 Å². The van der Waals surface area contributed by atoms with E-state index in [1.807, 2.05) is 0 Å². The summed E-state index contributed by atoms with van der Waals surface area (Å²) in [4.78, 5) is 12.1. The summed E-state index contributed by atoms with van der Waals surface area (Å²) >= 11 is 0. The van der Waals surface area contributed by atoms with Gasteiger partial charge in [0.2, 0.25) is 0 Å². The first-order valence-electron chi connectivity index (χ1n) is 7.44. The van der Waals surface area contributed by atoms with Crippen LogP contribution in [0.15, 0.2) is 12.2 Å². The molecule has 3 heteroatoms. The SMILES string of the molecule is C=C1CCCC2(C)CCC3C(COC)C(=O)OC3C12. The maximum Gasteiger partial charge on any atom is 0.312 e. The van der Waals surface area contributed by atoms with Gasteiger partial charge in [-0.15, -0.1) is 0 Å². The predicted molar refractivity (Wildman–Crippen MR) is 72.6 cm³/mol. The zero-order valence-corrected chi connectivity index (χ0v) is 12.0. The number of esters is 1. The molecule has 106 valence electrons. The van der Waals surface area contributed by atoms with Crippen LogP contribution in [0.1, 0.15) is 39.0 Å². The molecule has 19 heavy (non-hydrogen) atoms. The van der Waals surface area contributed by atoms with Gasteiger partial charge in [0.25, 0.3) is 0 Å². The highest BCUT2D eigenvalue weighted by Gasteiger charge is 2.57. The molecular weight excluding hydrogens is 240 g/mol. The van der Waals surface area contributed by atoms with Crippen LogP contribution >= 0.6 is 0 Å². The van der Waals surface area contributed by atoms with E-state index in [-0.39, 0.29) is 18.0 Å². The van der Waals surface area contributed by atoms with Crippen LogP contribution in [0.3, 0.4) is 0 Å². The van der Waals surface area contributed by atoms with E-state index in [0.29, 0.717) is 23.9 Å². The first kappa shape index (κ1) is 13.2. The third kappa shape index (κ3) is 1.94. The van der Waals surface area contributed by atoms with Crippen LogP contribution in [0, 0.1) is 23.2 Å². The fraction of sp³-hybridized carbons (Fsp3) is 0.812. The second-order valence-corrected chi connectivity index (χ2v) is 6.81. The zero-order valence-electron chi connectivity index (χ0n) is 12.0. The summed E-state index contributed by atoms with van der Waals surface area (Å²) in [5.41, 5.74) is 1.59. The third-order valence-corrected chi connectivity index (χ3v) is 5.65. The van der Waals surface area contributed by atoms with Crippen LogP contribution in [-0.2, 0) is 14.3 Å². The first-order valence-corrected chi connectivity index (χ1v) is 7.44. The van der Waals surface area contributed by atoms with Crippen LogP contribution in [-0.4, -0.2) is 25.8 Å². The Morgan fingerprint density at radius 2 is 2.26 bits per heavy atom. The Balaban J connectivity index is 1.88. The molecule has 0 amide bonds. The van der Waals surface area contributed by atoms with Gasteiger partial charge in [0.05, 0.1) is 12.5 Å². The standard InChI is InChI=1S/C16H24O3/c1-10-5-4-7-16(2)8-6-11-12(9-18-3)15(17)19-14(11)13(10)16/h11-14H,1,4-9H2,2-3H3. The van der Waals surface area contributed by atoms with Crippen LogP contribution in [0.4, 0.5) is 0 Å². The Labute approximate surface area is 115 Å². The maximum absolute atomic E-state index is 12.1. The Bertz CT molecular complexity index is 403. The first-order chi connectivity index (χ1) is 9.07. The van der Waals surface area contributed by atoms with Crippen molar-refractivity contribution in [2.45, 2.75) is 45.1 Å². The van der Waals surface area contributed by atoms with Gasteiger partial charge >= 0.3 is 5.97 Å². The molecule has 5 atom stereocenters. The molecule has 1 aliphatic heterocycles. The van der Waals surface area contributed by atoms with Crippen LogP contribution in [0.25, 0.3) is 0 Å². The highest BCUT2D eigenvalue weighted by atomic mass is 16.6. The average Bonchev–Trinajstić information content (AvgIpc) is 2.66. The van der Waals surface area contributed by atoms with Crippen LogP contribution in [0.2, 0.25) is 0 Å². The minimum Gasteiger partial charge on any atom is -0.461 e. The van der Waals surface area contributed by atoms with E-state index in [1.54, 1.807) is 7.11 Å². The third-order valence-electron chi connectivity index (χ3n) is 5.65. The molecule has 0 radical (unpaired) electrons. The van der Waals surface area contributed by atoms with Gasteiger partial charge in [0.1, 0.15) is 6.10 Å². The molecule has 0 spiro atoms. The van der Waals surface area contributed by atoms with Gasteiger partial charge < -0.3 is 9.47 Å². The Kier molecular flexibility index (Phi) is 3.20. The molecule has 0 aromatic carbocycles. The largest absolute Gasteiger partial charge is 0.461 e. The van der Waals surface area contributed by atoms with E-state index in [9.17, 15) is 4.79 Å².